The van der Waals surface area contributed by atoms with Crippen LogP contribution in [0.3, 0.4) is 0 Å². The Balaban J connectivity index is 2.03. The summed E-state index contributed by atoms with van der Waals surface area (Å²) < 4.78 is 0. The van der Waals surface area contributed by atoms with Gasteiger partial charge in [-0.05, 0) is 18.8 Å². The van der Waals surface area contributed by atoms with Crippen molar-refractivity contribution in [1.82, 2.24) is 10.4 Å². The second-order valence-corrected chi connectivity index (χ2v) is 2.57. The standard InChI is InChI=1S/C6H11N2/c1-3-8-4-2-6(1)5-7-8/h7H,1-5H2. The fourth-order valence-electron chi connectivity index (χ4n) is 1.38. The summed E-state index contributed by atoms with van der Waals surface area (Å²) in [4.78, 5) is 0. The predicted octanol–water partition coefficient (Wildman–Crippen LogP) is 0.175. The summed E-state index contributed by atoms with van der Waals surface area (Å²) in [6, 6.07) is 0. The van der Waals surface area contributed by atoms with Crippen LogP contribution in [0.15, 0.2) is 0 Å². The molecule has 0 spiro atoms. The second-order valence-electron chi connectivity index (χ2n) is 2.57. The van der Waals surface area contributed by atoms with E-state index in [-0.39, 0.29) is 0 Å². The van der Waals surface area contributed by atoms with Crippen LogP contribution >= 0.6 is 0 Å². The lowest BCUT2D eigenvalue weighted by molar-refractivity contribution is 0.120. The summed E-state index contributed by atoms with van der Waals surface area (Å²) >= 11 is 0. The SMILES string of the molecule is C1CN2CC[C]1CN2. The van der Waals surface area contributed by atoms with Crippen LogP contribution in [-0.2, 0) is 0 Å². The van der Waals surface area contributed by atoms with Crippen molar-refractivity contribution in [2.45, 2.75) is 12.8 Å². The van der Waals surface area contributed by atoms with Crippen molar-refractivity contribution in [2.75, 3.05) is 19.6 Å². The Morgan fingerprint density at radius 1 is 1.25 bits per heavy atom. The molecular formula is C6H11N2. The summed E-state index contributed by atoms with van der Waals surface area (Å²) in [5.74, 6) is 1.72. The largest absolute Gasteiger partial charge is 0.255 e. The molecule has 0 atom stereocenters. The summed E-state index contributed by atoms with van der Waals surface area (Å²) in [6.07, 6.45) is 2.68. The smallest absolute Gasteiger partial charge is 0.0166 e. The highest BCUT2D eigenvalue weighted by Crippen LogP contribution is 2.21. The molecule has 0 saturated carbocycles. The Hall–Kier alpha value is -0.0800. The zero-order chi connectivity index (χ0) is 5.40. The zero-order valence-corrected chi connectivity index (χ0v) is 4.98. The van der Waals surface area contributed by atoms with Crippen molar-refractivity contribution >= 4 is 0 Å². The molecule has 1 radical (unpaired) electrons. The lowest BCUT2D eigenvalue weighted by atomic mass is 9.96. The number of piperidine rings is 1. The summed E-state index contributed by atoms with van der Waals surface area (Å²) in [5, 5.41) is 2.31. The average molecular weight is 111 g/mol. The van der Waals surface area contributed by atoms with Crippen LogP contribution in [0.1, 0.15) is 12.8 Å². The van der Waals surface area contributed by atoms with Gasteiger partial charge in [0.15, 0.2) is 0 Å². The van der Waals surface area contributed by atoms with Crippen LogP contribution in [0, 0.1) is 5.92 Å². The third-order valence-corrected chi connectivity index (χ3v) is 2.02. The van der Waals surface area contributed by atoms with E-state index in [9.17, 15) is 0 Å². The van der Waals surface area contributed by atoms with Gasteiger partial charge in [-0.15, -0.1) is 0 Å². The highest BCUT2D eigenvalue weighted by molar-refractivity contribution is 5.00. The first kappa shape index (κ1) is 4.77. The molecule has 3 heterocycles. The first-order chi connectivity index (χ1) is 3.95. The molecule has 2 heteroatoms. The molecule has 0 aliphatic carbocycles. The van der Waals surface area contributed by atoms with Gasteiger partial charge in [-0.3, -0.25) is 5.43 Å². The maximum Gasteiger partial charge on any atom is 0.0166 e. The van der Waals surface area contributed by atoms with E-state index in [2.05, 4.69) is 10.4 Å². The molecular weight excluding hydrogens is 100 g/mol. The topological polar surface area (TPSA) is 15.3 Å². The second kappa shape index (κ2) is 1.71. The highest BCUT2D eigenvalue weighted by Gasteiger charge is 2.24. The first-order valence-corrected chi connectivity index (χ1v) is 3.27. The van der Waals surface area contributed by atoms with E-state index in [1.54, 1.807) is 5.92 Å². The van der Waals surface area contributed by atoms with Crippen molar-refractivity contribution in [1.29, 1.82) is 0 Å². The quantitative estimate of drug-likeness (QED) is 0.479. The third kappa shape index (κ3) is 0.644. The predicted molar refractivity (Wildman–Crippen MR) is 32.1 cm³/mol. The van der Waals surface area contributed by atoms with Gasteiger partial charge in [-0.2, -0.15) is 0 Å². The third-order valence-electron chi connectivity index (χ3n) is 2.02. The van der Waals surface area contributed by atoms with E-state index in [1.807, 2.05) is 0 Å². The van der Waals surface area contributed by atoms with E-state index in [1.165, 1.54) is 25.9 Å². The Morgan fingerprint density at radius 2 is 2.00 bits per heavy atom. The van der Waals surface area contributed by atoms with Crippen LogP contribution in [0.25, 0.3) is 0 Å². The molecule has 8 heavy (non-hydrogen) atoms. The summed E-state index contributed by atoms with van der Waals surface area (Å²) in [5.41, 5.74) is 3.31. The van der Waals surface area contributed by atoms with Gasteiger partial charge >= 0.3 is 0 Å². The molecule has 2 nitrogen and oxygen atoms in total. The van der Waals surface area contributed by atoms with Crippen LogP contribution < -0.4 is 5.43 Å². The van der Waals surface area contributed by atoms with E-state index in [0.717, 1.165) is 6.54 Å². The molecule has 3 aliphatic rings. The minimum absolute atomic E-state index is 1.15. The molecule has 0 unspecified atom stereocenters. The minimum Gasteiger partial charge on any atom is -0.255 e. The van der Waals surface area contributed by atoms with E-state index in [4.69, 9.17) is 0 Å². The Labute approximate surface area is 49.8 Å². The molecule has 1 N–H and O–H groups in total. The van der Waals surface area contributed by atoms with Gasteiger partial charge in [0.1, 0.15) is 0 Å². The minimum atomic E-state index is 1.15. The number of hydrogen-bond acceptors (Lipinski definition) is 2. The van der Waals surface area contributed by atoms with Crippen molar-refractivity contribution < 1.29 is 0 Å². The van der Waals surface area contributed by atoms with Gasteiger partial charge in [0, 0.05) is 19.6 Å². The van der Waals surface area contributed by atoms with Crippen molar-refractivity contribution in [3.63, 3.8) is 0 Å². The molecule has 0 aromatic rings. The molecule has 0 aromatic heterocycles. The number of hydrazine groups is 1. The molecule has 0 amide bonds. The van der Waals surface area contributed by atoms with Crippen molar-refractivity contribution in [3.05, 3.63) is 5.92 Å². The number of nitrogens with zero attached hydrogens (tertiary/aromatic N) is 1. The van der Waals surface area contributed by atoms with E-state index >= 15 is 0 Å². The molecule has 2 bridgehead atoms. The van der Waals surface area contributed by atoms with Crippen molar-refractivity contribution in [2.24, 2.45) is 0 Å². The fraction of sp³-hybridized carbons (Fsp3) is 0.833. The number of hydrogen-bond donors (Lipinski definition) is 1. The number of fused-ring (bicyclic) bond motifs is 3. The maximum absolute atomic E-state index is 3.31. The van der Waals surface area contributed by atoms with Gasteiger partial charge < -0.3 is 0 Å². The van der Waals surface area contributed by atoms with Gasteiger partial charge in [0.05, 0.1) is 0 Å². The van der Waals surface area contributed by atoms with Crippen LogP contribution in [0.4, 0.5) is 0 Å². The van der Waals surface area contributed by atoms with Gasteiger partial charge in [-0.25, -0.2) is 5.01 Å². The monoisotopic (exact) mass is 111 g/mol. The molecule has 3 saturated heterocycles. The van der Waals surface area contributed by atoms with Crippen LogP contribution in [0.2, 0.25) is 0 Å². The first-order valence-electron chi connectivity index (χ1n) is 3.27. The van der Waals surface area contributed by atoms with Gasteiger partial charge in [0.25, 0.3) is 0 Å². The van der Waals surface area contributed by atoms with Crippen LogP contribution in [-0.4, -0.2) is 24.6 Å². The molecule has 45 valence electrons. The van der Waals surface area contributed by atoms with Gasteiger partial charge in [-0.1, -0.05) is 0 Å². The van der Waals surface area contributed by atoms with E-state index in [0.29, 0.717) is 0 Å². The Kier molecular flexibility index (Phi) is 1.02. The average Bonchev–Trinajstić information content (AvgIpc) is 1.92. The van der Waals surface area contributed by atoms with Crippen molar-refractivity contribution in [3.8, 4) is 0 Å². The molecule has 3 aliphatic heterocycles. The number of rotatable bonds is 0. The molecule has 0 aromatic carbocycles. The normalized spacial score (nSPS) is 31.5. The Morgan fingerprint density at radius 3 is 2.12 bits per heavy atom. The highest BCUT2D eigenvalue weighted by atomic mass is 15.5. The molecule has 3 rings (SSSR count). The van der Waals surface area contributed by atoms with Gasteiger partial charge in [0.2, 0.25) is 0 Å². The summed E-state index contributed by atoms with van der Waals surface area (Å²) in [6.45, 7) is 3.64. The zero-order valence-electron chi connectivity index (χ0n) is 4.98. The number of nitrogens with one attached hydrogen (secondary N) is 1. The lowest BCUT2D eigenvalue weighted by Gasteiger charge is -2.38. The van der Waals surface area contributed by atoms with Crippen LogP contribution in [0.5, 0.6) is 0 Å². The van der Waals surface area contributed by atoms with E-state index < -0.39 is 0 Å². The molecule has 3 fully saturated rings. The Bertz CT molecular complexity index is 61.5. The summed E-state index contributed by atoms with van der Waals surface area (Å²) in [7, 11) is 0. The lowest BCUT2D eigenvalue weighted by Crippen LogP contribution is -2.51. The maximum atomic E-state index is 3.31. The fourth-order valence-corrected chi connectivity index (χ4v) is 1.38.